The number of aromatic nitrogens is 1. The smallest absolute Gasteiger partial charge is 0.338 e. The van der Waals surface area contributed by atoms with Crippen LogP contribution in [0.15, 0.2) is 42.7 Å². The summed E-state index contributed by atoms with van der Waals surface area (Å²) in [7, 11) is 0. The number of carbonyl (C=O) groups is 2. The number of nitro groups is 1. The lowest BCUT2D eigenvalue weighted by molar-refractivity contribution is -0.384. The molecule has 1 aromatic heterocycles. The van der Waals surface area contributed by atoms with Crippen molar-refractivity contribution in [2.75, 3.05) is 6.61 Å². The van der Waals surface area contributed by atoms with Gasteiger partial charge in [0.2, 0.25) is 0 Å². The van der Waals surface area contributed by atoms with Crippen LogP contribution in [-0.4, -0.2) is 39.3 Å². The van der Waals surface area contributed by atoms with Crippen LogP contribution in [0, 0.1) is 10.1 Å². The van der Waals surface area contributed by atoms with Crippen molar-refractivity contribution in [3.8, 4) is 0 Å². The molecule has 2 aromatic rings. The molecular weight excluding hydrogens is 350 g/mol. The zero-order valence-electron chi connectivity index (χ0n) is 15.4. The van der Waals surface area contributed by atoms with Gasteiger partial charge in [-0.25, -0.2) is 4.79 Å². The standard InChI is InChI=1S/C19H21N3O5/c1-4-27-19(24)16-8-15(9-17(10-16)22(25)26)18(23)21(13(2)3)12-14-6-5-7-20-11-14/h5-11,13H,4,12H2,1-3H3. The highest BCUT2D eigenvalue weighted by Gasteiger charge is 2.24. The highest BCUT2D eigenvalue weighted by atomic mass is 16.6. The predicted molar refractivity (Wildman–Crippen MR) is 98.3 cm³/mol. The minimum atomic E-state index is -0.710. The summed E-state index contributed by atoms with van der Waals surface area (Å²) in [6.07, 6.45) is 3.29. The number of nitro benzene ring substituents is 1. The molecule has 1 heterocycles. The second-order valence-electron chi connectivity index (χ2n) is 6.13. The van der Waals surface area contributed by atoms with Gasteiger partial charge in [-0.3, -0.25) is 19.9 Å². The fourth-order valence-electron chi connectivity index (χ4n) is 2.52. The third-order valence-electron chi connectivity index (χ3n) is 3.85. The number of ether oxygens (including phenoxy) is 1. The maximum absolute atomic E-state index is 13.0. The first-order valence-electron chi connectivity index (χ1n) is 8.50. The number of non-ortho nitro benzene ring substituents is 1. The predicted octanol–water partition coefficient (Wildman–Crippen LogP) is 3.22. The Kier molecular flexibility index (Phi) is 6.59. The number of nitrogens with zero attached hydrogens (tertiary/aromatic N) is 3. The van der Waals surface area contributed by atoms with Crippen LogP contribution in [0.5, 0.6) is 0 Å². The Balaban J connectivity index is 2.41. The van der Waals surface area contributed by atoms with Gasteiger partial charge in [-0.2, -0.15) is 0 Å². The zero-order valence-corrected chi connectivity index (χ0v) is 15.4. The first-order chi connectivity index (χ1) is 12.8. The van der Waals surface area contributed by atoms with E-state index in [0.29, 0.717) is 6.54 Å². The van der Waals surface area contributed by atoms with Crippen LogP contribution in [0.2, 0.25) is 0 Å². The number of amides is 1. The molecule has 0 saturated carbocycles. The molecule has 8 nitrogen and oxygen atoms in total. The molecule has 0 aliphatic carbocycles. The molecule has 27 heavy (non-hydrogen) atoms. The highest BCUT2D eigenvalue weighted by molar-refractivity contribution is 5.99. The van der Waals surface area contributed by atoms with E-state index < -0.39 is 16.8 Å². The Morgan fingerprint density at radius 3 is 2.52 bits per heavy atom. The molecule has 0 saturated heterocycles. The van der Waals surface area contributed by atoms with Crippen LogP contribution < -0.4 is 0 Å². The van der Waals surface area contributed by atoms with Gasteiger partial charge < -0.3 is 9.64 Å². The molecule has 0 unspecified atom stereocenters. The van der Waals surface area contributed by atoms with Crippen LogP contribution in [0.4, 0.5) is 5.69 Å². The van der Waals surface area contributed by atoms with E-state index in [9.17, 15) is 19.7 Å². The normalized spacial score (nSPS) is 10.5. The summed E-state index contributed by atoms with van der Waals surface area (Å²) in [5.74, 6) is -1.12. The van der Waals surface area contributed by atoms with Crippen LogP contribution in [-0.2, 0) is 11.3 Å². The fraction of sp³-hybridized carbons (Fsp3) is 0.316. The fourth-order valence-corrected chi connectivity index (χ4v) is 2.52. The Morgan fingerprint density at radius 2 is 1.96 bits per heavy atom. The third kappa shape index (κ3) is 5.10. The monoisotopic (exact) mass is 371 g/mol. The topological polar surface area (TPSA) is 103 Å². The second kappa shape index (κ2) is 8.88. The molecule has 0 radical (unpaired) electrons. The Bertz CT molecular complexity index is 836. The SMILES string of the molecule is CCOC(=O)c1cc(C(=O)N(Cc2cccnc2)C(C)C)cc([N+](=O)[O-])c1. The van der Waals surface area contributed by atoms with Crippen molar-refractivity contribution in [3.63, 3.8) is 0 Å². The molecule has 0 atom stereocenters. The number of hydrogen-bond donors (Lipinski definition) is 0. The molecule has 2 rings (SSSR count). The molecule has 8 heteroatoms. The summed E-state index contributed by atoms with van der Waals surface area (Å²) in [5.41, 5.74) is 0.522. The van der Waals surface area contributed by atoms with Crippen molar-refractivity contribution in [2.24, 2.45) is 0 Å². The van der Waals surface area contributed by atoms with E-state index in [1.807, 2.05) is 19.9 Å². The van der Waals surface area contributed by atoms with Crippen molar-refractivity contribution < 1.29 is 19.2 Å². The molecule has 0 fully saturated rings. The molecular formula is C19H21N3O5. The average Bonchev–Trinajstić information content (AvgIpc) is 2.66. The van der Waals surface area contributed by atoms with E-state index in [1.165, 1.54) is 12.1 Å². The molecule has 142 valence electrons. The van der Waals surface area contributed by atoms with Gasteiger partial charge in [0.05, 0.1) is 17.1 Å². The van der Waals surface area contributed by atoms with E-state index in [1.54, 1.807) is 30.3 Å². The number of hydrogen-bond acceptors (Lipinski definition) is 6. The van der Waals surface area contributed by atoms with E-state index in [2.05, 4.69) is 4.98 Å². The summed E-state index contributed by atoms with van der Waals surface area (Å²) < 4.78 is 4.91. The summed E-state index contributed by atoms with van der Waals surface area (Å²) in [6, 6.07) is 7.05. The first kappa shape index (κ1) is 20.0. The van der Waals surface area contributed by atoms with Gasteiger partial charge in [-0.05, 0) is 38.5 Å². The second-order valence-corrected chi connectivity index (χ2v) is 6.13. The first-order valence-corrected chi connectivity index (χ1v) is 8.50. The molecule has 1 aromatic carbocycles. The highest BCUT2D eigenvalue weighted by Crippen LogP contribution is 2.21. The van der Waals surface area contributed by atoms with Gasteiger partial charge in [0, 0.05) is 42.7 Å². The summed E-state index contributed by atoms with van der Waals surface area (Å²) in [5, 5.41) is 11.2. The number of pyridine rings is 1. The van der Waals surface area contributed by atoms with Gasteiger partial charge in [0.15, 0.2) is 0 Å². The number of rotatable bonds is 7. The number of carbonyl (C=O) groups excluding carboxylic acids is 2. The minimum Gasteiger partial charge on any atom is -0.462 e. The maximum Gasteiger partial charge on any atom is 0.338 e. The summed E-state index contributed by atoms with van der Waals surface area (Å²) >= 11 is 0. The Hall–Kier alpha value is -3.29. The van der Waals surface area contributed by atoms with Crippen LogP contribution in [0.25, 0.3) is 0 Å². The van der Waals surface area contributed by atoms with Crippen molar-refractivity contribution in [3.05, 3.63) is 69.5 Å². The van der Waals surface area contributed by atoms with Crippen LogP contribution in [0.3, 0.4) is 0 Å². The zero-order chi connectivity index (χ0) is 20.0. The summed E-state index contributed by atoms with van der Waals surface area (Å²) in [6.45, 7) is 5.75. The van der Waals surface area contributed by atoms with Gasteiger partial charge in [-0.15, -0.1) is 0 Å². The summed E-state index contributed by atoms with van der Waals surface area (Å²) in [4.78, 5) is 41.2. The van der Waals surface area contributed by atoms with Crippen molar-refractivity contribution >= 4 is 17.6 Å². The quantitative estimate of drug-likeness (QED) is 0.421. The van der Waals surface area contributed by atoms with E-state index in [-0.39, 0.29) is 29.5 Å². The van der Waals surface area contributed by atoms with Crippen LogP contribution in [0.1, 0.15) is 47.1 Å². The van der Waals surface area contributed by atoms with Crippen molar-refractivity contribution in [2.45, 2.75) is 33.4 Å². The van der Waals surface area contributed by atoms with E-state index in [0.717, 1.165) is 11.6 Å². The van der Waals surface area contributed by atoms with E-state index >= 15 is 0 Å². The molecule has 1 amide bonds. The van der Waals surface area contributed by atoms with Gasteiger partial charge in [0.25, 0.3) is 11.6 Å². The molecule has 0 aliphatic rings. The molecule has 0 bridgehead atoms. The lowest BCUT2D eigenvalue weighted by atomic mass is 10.1. The van der Waals surface area contributed by atoms with Gasteiger partial charge in [0.1, 0.15) is 0 Å². The third-order valence-corrected chi connectivity index (χ3v) is 3.85. The number of esters is 1. The largest absolute Gasteiger partial charge is 0.462 e. The minimum absolute atomic E-state index is 0.0283. The lowest BCUT2D eigenvalue weighted by Gasteiger charge is -2.27. The molecule has 0 spiro atoms. The number of benzene rings is 1. The molecule has 0 aliphatic heterocycles. The van der Waals surface area contributed by atoms with Crippen molar-refractivity contribution in [1.29, 1.82) is 0 Å². The van der Waals surface area contributed by atoms with Crippen LogP contribution >= 0.6 is 0 Å². The Labute approximate surface area is 156 Å². The van der Waals surface area contributed by atoms with Gasteiger partial charge >= 0.3 is 5.97 Å². The van der Waals surface area contributed by atoms with Gasteiger partial charge in [-0.1, -0.05) is 6.07 Å². The van der Waals surface area contributed by atoms with Crippen molar-refractivity contribution in [1.82, 2.24) is 9.88 Å². The lowest BCUT2D eigenvalue weighted by Crippen LogP contribution is -2.36. The average molecular weight is 371 g/mol. The van der Waals surface area contributed by atoms with E-state index in [4.69, 9.17) is 4.74 Å². The Morgan fingerprint density at radius 1 is 1.26 bits per heavy atom. The molecule has 0 N–H and O–H groups in total. The maximum atomic E-state index is 13.0.